The first-order valence-electron chi connectivity index (χ1n) is 6.64. The second-order valence-electron chi connectivity index (χ2n) is 3.17. The number of hydrogen-bond donors (Lipinski definition) is 2. The second kappa shape index (κ2) is 23.6. The van der Waals surface area contributed by atoms with Gasteiger partial charge in [0.25, 0.3) is 0 Å². The Morgan fingerprint density at radius 1 is 0.933 bits per heavy atom. The molecule has 2 heteroatoms. The standard InChI is InChI=1S/C8H19N.C3H9N.C2H6/c1-4-7-9-8(5-2)6-3;1-3-4-2;1-2/h8-9H,4-7H2,1-3H3;4H,3H2,1-2H3;1-2H3. The molecule has 0 spiro atoms. The van der Waals surface area contributed by atoms with Crippen molar-refractivity contribution in [2.75, 3.05) is 20.1 Å². The lowest BCUT2D eigenvalue weighted by molar-refractivity contribution is 0.485. The number of nitrogens with one attached hydrogen (secondary N) is 2. The largest absolute Gasteiger partial charge is 0.320 e. The van der Waals surface area contributed by atoms with E-state index in [1.54, 1.807) is 0 Å². The molecule has 0 radical (unpaired) electrons. The van der Waals surface area contributed by atoms with Gasteiger partial charge in [0.05, 0.1) is 0 Å². The molecule has 0 saturated heterocycles. The van der Waals surface area contributed by atoms with Crippen LogP contribution in [-0.4, -0.2) is 26.2 Å². The Bertz CT molecular complexity index is 68.9. The molecule has 0 heterocycles. The lowest BCUT2D eigenvalue weighted by atomic mass is 10.2. The second-order valence-corrected chi connectivity index (χ2v) is 3.17. The van der Waals surface area contributed by atoms with Crippen LogP contribution in [0.15, 0.2) is 0 Å². The zero-order chi connectivity index (χ0) is 12.5. The van der Waals surface area contributed by atoms with E-state index in [9.17, 15) is 0 Å². The van der Waals surface area contributed by atoms with Crippen LogP contribution < -0.4 is 10.6 Å². The summed E-state index contributed by atoms with van der Waals surface area (Å²) in [7, 11) is 1.93. The van der Waals surface area contributed by atoms with Crippen LogP contribution in [-0.2, 0) is 0 Å². The van der Waals surface area contributed by atoms with E-state index in [1.165, 1.54) is 25.8 Å². The quantitative estimate of drug-likeness (QED) is 0.714. The lowest BCUT2D eigenvalue weighted by Gasteiger charge is -2.12. The fraction of sp³-hybridized carbons (Fsp3) is 1.00. The van der Waals surface area contributed by atoms with Crippen molar-refractivity contribution in [3.8, 4) is 0 Å². The van der Waals surface area contributed by atoms with Crippen molar-refractivity contribution in [2.45, 2.75) is 66.8 Å². The monoisotopic (exact) mass is 218 g/mol. The molecule has 2 N–H and O–H groups in total. The van der Waals surface area contributed by atoms with Gasteiger partial charge in [-0.3, -0.25) is 0 Å². The summed E-state index contributed by atoms with van der Waals surface area (Å²) >= 11 is 0. The van der Waals surface area contributed by atoms with Crippen LogP contribution in [0.2, 0.25) is 0 Å². The van der Waals surface area contributed by atoms with Crippen LogP contribution in [0.4, 0.5) is 0 Å². The van der Waals surface area contributed by atoms with Crippen molar-refractivity contribution in [1.29, 1.82) is 0 Å². The summed E-state index contributed by atoms with van der Waals surface area (Å²) in [4.78, 5) is 0. The van der Waals surface area contributed by atoms with Gasteiger partial charge in [-0.05, 0) is 39.4 Å². The van der Waals surface area contributed by atoms with E-state index < -0.39 is 0 Å². The minimum atomic E-state index is 0.755. The van der Waals surface area contributed by atoms with Crippen molar-refractivity contribution in [1.82, 2.24) is 10.6 Å². The van der Waals surface area contributed by atoms with Crippen LogP contribution >= 0.6 is 0 Å². The molecule has 96 valence electrons. The fourth-order valence-corrected chi connectivity index (χ4v) is 0.926. The highest BCUT2D eigenvalue weighted by molar-refractivity contribution is 4.60. The first-order valence-corrected chi connectivity index (χ1v) is 6.64. The molecule has 15 heavy (non-hydrogen) atoms. The summed E-state index contributed by atoms with van der Waals surface area (Å²) < 4.78 is 0. The molecule has 0 aromatic heterocycles. The van der Waals surface area contributed by atoms with Gasteiger partial charge in [0.1, 0.15) is 0 Å². The first-order chi connectivity index (χ1) is 7.26. The van der Waals surface area contributed by atoms with Crippen LogP contribution in [0.1, 0.15) is 60.8 Å². The van der Waals surface area contributed by atoms with Crippen molar-refractivity contribution in [3.05, 3.63) is 0 Å². The smallest absolute Gasteiger partial charge is 0.00618 e. The zero-order valence-electron chi connectivity index (χ0n) is 12.1. The summed E-state index contributed by atoms with van der Waals surface area (Å²) in [5.41, 5.74) is 0. The third-order valence-electron chi connectivity index (χ3n) is 2.02. The summed E-state index contributed by atoms with van der Waals surface area (Å²) in [5, 5.41) is 6.40. The lowest BCUT2D eigenvalue weighted by Crippen LogP contribution is -2.27. The van der Waals surface area contributed by atoms with Crippen molar-refractivity contribution >= 4 is 0 Å². The van der Waals surface area contributed by atoms with Crippen molar-refractivity contribution in [2.24, 2.45) is 0 Å². The topological polar surface area (TPSA) is 24.1 Å². The van der Waals surface area contributed by atoms with Crippen molar-refractivity contribution in [3.63, 3.8) is 0 Å². The maximum absolute atomic E-state index is 3.47. The first kappa shape index (κ1) is 20.3. The Morgan fingerprint density at radius 3 is 1.53 bits per heavy atom. The van der Waals surface area contributed by atoms with E-state index in [1.807, 2.05) is 20.9 Å². The minimum absolute atomic E-state index is 0.755. The van der Waals surface area contributed by atoms with Crippen LogP contribution in [0.25, 0.3) is 0 Å². The Labute approximate surface area is 98.2 Å². The van der Waals surface area contributed by atoms with Crippen LogP contribution in [0, 0.1) is 0 Å². The van der Waals surface area contributed by atoms with Gasteiger partial charge in [0.2, 0.25) is 0 Å². The molecule has 0 aromatic carbocycles. The molecule has 0 amide bonds. The minimum Gasteiger partial charge on any atom is -0.320 e. The SMILES string of the molecule is CC.CCCNC(CC)CC.CCNC. The van der Waals surface area contributed by atoms with Crippen LogP contribution in [0.3, 0.4) is 0 Å². The van der Waals surface area contributed by atoms with Gasteiger partial charge < -0.3 is 10.6 Å². The Kier molecular flexibility index (Phi) is 32.0. The molecule has 0 saturated carbocycles. The molecule has 0 fully saturated rings. The third-order valence-corrected chi connectivity index (χ3v) is 2.02. The molecular formula is C13H34N2. The molecule has 2 nitrogen and oxygen atoms in total. The predicted octanol–water partition coefficient (Wildman–Crippen LogP) is 3.43. The van der Waals surface area contributed by atoms with Crippen molar-refractivity contribution < 1.29 is 0 Å². The van der Waals surface area contributed by atoms with E-state index in [4.69, 9.17) is 0 Å². The maximum atomic E-state index is 3.47. The normalized spacial score (nSPS) is 8.80. The Balaban J connectivity index is -0.000000202. The highest BCUT2D eigenvalue weighted by Gasteiger charge is 1.98. The van der Waals surface area contributed by atoms with Crippen LogP contribution in [0.5, 0.6) is 0 Å². The fourth-order valence-electron chi connectivity index (χ4n) is 0.926. The zero-order valence-corrected chi connectivity index (χ0v) is 12.1. The summed E-state index contributed by atoms with van der Waals surface area (Å²) in [5.74, 6) is 0. The molecule has 0 aromatic rings. The van der Waals surface area contributed by atoms with Gasteiger partial charge in [0, 0.05) is 6.04 Å². The molecule has 0 rings (SSSR count). The van der Waals surface area contributed by atoms with Gasteiger partial charge in [-0.2, -0.15) is 0 Å². The molecule has 0 aliphatic carbocycles. The van der Waals surface area contributed by atoms with Gasteiger partial charge >= 0.3 is 0 Å². The highest BCUT2D eigenvalue weighted by atomic mass is 14.9. The molecule has 0 aliphatic heterocycles. The van der Waals surface area contributed by atoms with Gasteiger partial charge in [-0.1, -0.05) is 41.5 Å². The van der Waals surface area contributed by atoms with E-state index in [-0.39, 0.29) is 0 Å². The average Bonchev–Trinajstić information content (AvgIpc) is 2.33. The Morgan fingerprint density at radius 2 is 1.33 bits per heavy atom. The van der Waals surface area contributed by atoms with Gasteiger partial charge in [0.15, 0.2) is 0 Å². The average molecular weight is 218 g/mol. The highest BCUT2D eigenvalue weighted by Crippen LogP contribution is 1.94. The Hall–Kier alpha value is -0.0800. The van der Waals surface area contributed by atoms with Gasteiger partial charge in [-0.25, -0.2) is 0 Å². The molecular weight excluding hydrogens is 184 g/mol. The summed E-state index contributed by atoms with van der Waals surface area (Å²) in [6, 6.07) is 0.755. The molecule has 0 unspecified atom stereocenters. The predicted molar refractivity (Wildman–Crippen MR) is 73.6 cm³/mol. The number of rotatable bonds is 6. The van der Waals surface area contributed by atoms with E-state index in [0.717, 1.165) is 12.6 Å². The van der Waals surface area contributed by atoms with E-state index in [2.05, 4.69) is 38.3 Å². The molecule has 0 aliphatic rings. The number of hydrogen-bond acceptors (Lipinski definition) is 2. The van der Waals surface area contributed by atoms with Gasteiger partial charge in [-0.15, -0.1) is 0 Å². The van der Waals surface area contributed by atoms with E-state index >= 15 is 0 Å². The summed E-state index contributed by atoms with van der Waals surface area (Å²) in [6.07, 6.45) is 3.77. The molecule has 0 bridgehead atoms. The molecule has 0 atom stereocenters. The maximum Gasteiger partial charge on any atom is 0.00618 e. The van der Waals surface area contributed by atoms with E-state index in [0.29, 0.717) is 0 Å². The summed E-state index contributed by atoms with van der Waals surface area (Å²) in [6.45, 7) is 15.0. The third kappa shape index (κ3) is 24.9.